The molecular formula is C18H23N3O2. The number of nitrogens with zero attached hydrogens (tertiary/aromatic N) is 2. The van der Waals surface area contributed by atoms with Crippen LogP contribution in [0.3, 0.4) is 0 Å². The third-order valence-corrected chi connectivity index (χ3v) is 4.62. The maximum Gasteiger partial charge on any atom is 0.255 e. The molecule has 122 valence electrons. The van der Waals surface area contributed by atoms with E-state index in [0.717, 1.165) is 12.8 Å². The second-order valence-corrected chi connectivity index (χ2v) is 6.48. The lowest BCUT2D eigenvalue weighted by atomic mass is 10.0. The first kappa shape index (κ1) is 15.7. The van der Waals surface area contributed by atoms with Crippen LogP contribution < -0.4 is 5.32 Å². The summed E-state index contributed by atoms with van der Waals surface area (Å²) in [6, 6.07) is 3.72. The highest BCUT2D eigenvalue weighted by Gasteiger charge is 2.26. The van der Waals surface area contributed by atoms with Gasteiger partial charge in [0.05, 0.1) is 5.56 Å². The third kappa shape index (κ3) is 4.18. The van der Waals surface area contributed by atoms with Crippen LogP contribution in [-0.4, -0.2) is 40.8 Å². The van der Waals surface area contributed by atoms with Gasteiger partial charge in [-0.25, -0.2) is 0 Å². The fourth-order valence-corrected chi connectivity index (χ4v) is 3.00. The standard InChI is InChI=1S/C18H23N3O2/c1-13(14-4-5-14)11-17(22)20-16-6-9-21(10-7-16)18(23)15-3-2-8-19-12-15/h2-3,8,11-12,14,16H,4-7,9-10H2,1H3,(H,20,22)/b13-11+. The molecule has 0 radical (unpaired) electrons. The van der Waals surface area contributed by atoms with E-state index >= 15 is 0 Å². The van der Waals surface area contributed by atoms with E-state index in [2.05, 4.69) is 10.3 Å². The number of piperidine rings is 1. The summed E-state index contributed by atoms with van der Waals surface area (Å²) in [4.78, 5) is 30.2. The van der Waals surface area contributed by atoms with Crippen LogP contribution in [0.1, 0.15) is 43.0 Å². The second-order valence-electron chi connectivity index (χ2n) is 6.48. The Balaban J connectivity index is 1.47. The monoisotopic (exact) mass is 313 g/mol. The molecule has 1 saturated carbocycles. The molecule has 1 aliphatic carbocycles. The Kier molecular flexibility index (Phi) is 4.74. The molecule has 3 rings (SSSR count). The summed E-state index contributed by atoms with van der Waals surface area (Å²) in [5.74, 6) is 0.651. The Morgan fingerprint density at radius 1 is 1.26 bits per heavy atom. The van der Waals surface area contributed by atoms with Crippen LogP contribution in [0, 0.1) is 5.92 Å². The number of hydrogen-bond donors (Lipinski definition) is 1. The molecule has 2 heterocycles. The van der Waals surface area contributed by atoms with Crippen LogP contribution in [0.25, 0.3) is 0 Å². The molecule has 0 unspecified atom stereocenters. The Morgan fingerprint density at radius 3 is 2.61 bits per heavy atom. The lowest BCUT2D eigenvalue weighted by molar-refractivity contribution is -0.117. The van der Waals surface area contributed by atoms with Gasteiger partial charge >= 0.3 is 0 Å². The molecule has 0 bridgehead atoms. The number of allylic oxidation sites excluding steroid dienone is 1. The highest BCUT2D eigenvalue weighted by atomic mass is 16.2. The van der Waals surface area contributed by atoms with Crippen molar-refractivity contribution in [2.75, 3.05) is 13.1 Å². The summed E-state index contributed by atoms with van der Waals surface area (Å²) in [7, 11) is 0. The van der Waals surface area contributed by atoms with E-state index in [1.807, 2.05) is 11.8 Å². The first-order chi connectivity index (χ1) is 11.1. The molecule has 1 N–H and O–H groups in total. The fraction of sp³-hybridized carbons (Fsp3) is 0.500. The van der Waals surface area contributed by atoms with Gasteiger partial charge < -0.3 is 10.2 Å². The zero-order valence-electron chi connectivity index (χ0n) is 13.5. The molecule has 1 saturated heterocycles. The van der Waals surface area contributed by atoms with E-state index < -0.39 is 0 Å². The molecule has 5 nitrogen and oxygen atoms in total. The van der Waals surface area contributed by atoms with E-state index in [9.17, 15) is 9.59 Å². The van der Waals surface area contributed by atoms with Crippen LogP contribution in [-0.2, 0) is 4.79 Å². The van der Waals surface area contributed by atoms with E-state index in [0.29, 0.717) is 24.6 Å². The van der Waals surface area contributed by atoms with Crippen LogP contribution >= 0.6 is 0 Å². The number of pyridine rings is 1. The van der Waals surface area contributed by atoms with Crippen LogP contribution in [0.2, 0.25) is 0 Å². The first-order valence-corrected chi connectivity index (χ1v) is 8.31. The SMILES string of the molecule is C/C(=C\C(=O)NC1CCN(C(=O)c2cccnc2)CC1)C1CC1. The molecule has 5 heteroatoms. The molecule has 0 aromatic carbocycles. The van der Waals surface area contributed by atoms with Crippen LogP contribution in [0.4, 0.5) is 0 Å². The van der Waals surface area contributed by atoms with Gasteiger partial charge in [-0.15, -0.1) is 0 Å². The minimum absolute atomic E-state index is 0.00596. The molecule has 0 spiro atoms. The van der Waals surface area contributed by atoms with Gasteiger partial charge in [-0.2, -0.15) is 0 Å². The average molecular weight is 313 g/mol. The molecule has 2 fully saturated rings. The smallest absolute Gasteiger partial charge is 0.255 e. The Labute approximate surface area is 136 Å². The number of hydrogen-bond acceptors (Lipinski definition) is 3. The van der Waals surface area contributed by atoms with E-state index in [-0.39, 0.29) is 17.9 Å². The van der Waals surface area contributed by atoms with E-state index in [4.69, 9.17) is 0 Å². The quantitative estimate of drug-likeness (QED) is 0.867. The van der Waals surface area contributed by atoms with Crippen molar-refractivity contribution >= 4 is 11.8 Å². The maximum absolute atomic E-state index is 12.3. The molecule has 2 aliphatic rings. The van der Waals surface area contributed by atoms with Crippen LogP contribution in [0.15, 0.2) is 36.2 Å². The predicted octanol–water partition coefficient (Wildman–Crippen LogP) is 2.16. The second kappa shape index (κ2) is 6.94. The van der Waals surface area contributed by atoms with Gasteiger partial charge in [-0.05, 0) is 50.7 Å². The summed E-state index contributed by atoms with van der Waals surface area (Å²) in [6.45, 7) is 3.38. The zero-order valence-corrected chi connectivity index (χ0v) is 13.5. The van der Waals surface area contributed by atoms with Gasteiger partial charge in [-0.1, -0.05) is 5.57 Å². The van der Waals surface area contributed by atoms with Gasteiger partial charge in [0.15, 0.2) is 0 Å². The Hall–Kier alpha value is -2.17. The van der Waals surface area contributed by atoms with Crippen molar-refractivity contribution in [1.82, 2.24) is 15.2 Å². The van der Waals surface area contributed by atoms with Crippen molar-refractivity contribution in [3.63, 3.8) is 0 Å². The first-order valence-electron chi connectivity index (χ1n) is 8.31. The van der Waals surface area contributed by atoms with Crippen molar-refractivity contribution in [3.8, 4) is 0 Å². The van der Waals surface area contributed by atoms with Crippen molar-refractivity contribution in [2.24, 2.45) is 5.92 Å². The minimum Gasteiger partial charge on any atom is -0.350 e. The fourth-order valence-electron chi connectivity index (χ4n) is 3.00. The third-order valence-electron chi connectivity index (χ3n) is 4.62. The predicted molar refractivity (Wildman–Crippen MR) is 87.8 cm³/mol. The largest absolute Gasteiger partial charge is 0.350 e. The molecule has 1 aromatic heterocycles. The number of likely N-dealkylation sites (tertiary alicyclic amines) is 1. The molecule has 0 atom stereocenters. The average Bonchev–Trinajstić information content (AvgIpc) is 3.40. The Bertz CT molecular complexity index is 600. The van der Waals surface area contributed by atoms with Crippen molar-refractivity contribution in [1.29, 1.82) is 0 Å². The number of aromatic nitrogens is 1. The summed E-state index contributed by atoms with van der Waals surface area (Å²) in [5.41, 5.74) is 1.81. The number of rotatable bonds is 4. The van der Waals surface area contributed by atoms with Crippen molar-refractivity contribution in [3.05, 3.63) is 41.7 Å². The number of amides is 2. The molecule has 2 amide bonds. The van der Waals surface area contributed by atoms with Crippen LogP contribution in [0.5, 0.6) is 0 Å². The summed E-state index contributed by atoms with van der Waals surface area (Å²) in [5, 5.41) is 3.07. The summed E-state index contributed by atoms with van der Waals surface area (Å²) in [6.07, 6.45) is 9.03. The van der Waals surface area contributed by atoms with E-state index in [1.54, 1.807) is 30.6 Å². The molecule has 23 heavy (non-hydrogen) atoms. The highest BCUT2D eigenvalue weighted by Crippen LogP contribution is 2.35. The van der Waals surface area contributed by atoms with Gasteiger partial charge in [0.2, 0.25) is 5.91 Å². The minimum atomic E-state index is 0.00596. The normalized spacial score (nSPS) is 19.5. The molecular weight excluding hydrogens is 290 g/mol. The van der Waals surface area contributed by atoms with Crippen molar-refractivity contribution < 1.29 is 9.59 Å². The van der Waals surface area contributed by atoms with Gasteiger partial charge in [-0.3, -0.25) is 14.6 Å². The number of nitrogens with one attached hydrogen (secondary N) is 1. The molecule has 1 aromatic rings. The highest BCUT2D eigenvalue weighted by molar-refractivity contribution is 5.94. The zero-order chi connectivity index (χ0) is 16.2. The van der Waals surface area contributed by atoms with E-state index in [1.165, 1.54) is 18.4 Å². The summed E-state index contributed by atoms with van der Waals surface area (Å²) >= 11 is 0. The topological polar surface area (TPSA) is 62.3 Å². The molecule has 1 aliphatic heterocycles. The maximum atomic E-state index is 12.3. The van der Waals surface area contributed by atoms with Crippen molar-refractivity contribution in [2.45, 2.75) is 38.6 Å². The number of carbonyl (C=O) groups is 2. The lowest BCUT2D eigenvalue weighted by Crippen LogP contribution is -2.46. The lowest BCUT2D eigenvalue weighted by Gasteiger charge is -2.32. The van der Waals surface area contributed by atoms with Gasteiger partial charge in [0, 0.05) is 37.6 Å². The Morgan fingerprint density at radius 2 is 2.00 bits per heavy atom. The summed E-state index contributed by atoms with van der Waals surface area (Å²) < 4.78 is 0. The number of carbonyl (C=O) groups excluding carboxylic acids is 2. The van der Waals surface area contributed by atoms with Gasteiger partial charge in [0.25, 0.3) is 5.91 Å². The van der Waals surface area contributed by atoms with Gasteiger partial charge in [0.1, 0.15) is 0 Å².